The Bertz CT molecular complexity index is 777. The molecule has 0 saturated carbocycles. The minimum Gasteiger partial charge on any atom is -0.340 e. The van der Waals surface area contributed by atoms with E-state index in [-0.39, 0.29) is 5.56 Å². The van der Waals surface area contributed by atoms with Crippen molar-refractivity contribution in [3.8, 4) is 5.69 Å². The van der Waals surface area contributed by atoms with Gasteiger partial charge in [0.1, 0.15) is 5.82 Å². The third-order valence-electron chi connectivity index (χ3n) is 2.84. The second-order valence-corrected chi connectivity index (χ2v) is 4.75. The summed E-state index contributed by atoms with van der Waals surface area (Å²) in [5.41, 5.74) is 1.48. The first-order valence-corrected chi connectivity index (χ1v) is 6.50. The summed E-state index contributed by atoms with van der Waals surface area (Å²) in [6.45, 7) is 0. The standard InChI is InChI=1S/C15H12ClN3O/c16-11-5-4-6-12(9-11)17-14-10-15(20)19(18-14)13-7-2-1-3-8-13/h1-10,17-18H. The van der Waals surface area contributed by atoms with Gasteiger partial charge in [-0.2, -0.15) is 0 Å². The summed E-state index contributed by atoms with van der Waals surface area (Å²) in [4.78, 5) is 12.0. The Labute approximate surface area is 120 Å². The van der Waals surface area contributed by atoms with Crippen LogP contribution >= 0.6 is 11.6 Å². The maximum absolute atomic E-state index is 12.0. The smallest absolute Gasteiger partial charge is 0.273 e. The first-order valence-electron chi connectivity index (χ1n) is 6.12. The predicted molar refractivity (Wildman–Crippen MR) is 81.1 cm³/mol. The second-order valence-electron chi connectivity index (χ2n) is 4.31. The highest BCUT2D eigenvalue weighted by atomic mass is 35.5. The number of aromatic amines is 1. The van der Waals surface area contributed by atoms with Crippen LogP contribution in [0.5, 0.6) is 0 Å². The third kappa shape index (κ3) is 2.60. The molecule has 0 radical (unpaired) electrons. The largest absolute Gasteiger partial charge is 0.340 e. The van der Waals surface area contributed by atoms with Gasteiger partial charge in [-0.1, -0.05) is 35.9 Å². The molecule has 5 heteroatoms. The number of para-hydroxylation sites is 1. The van der Waals surface area contributed by atoms with Crippen molar-refractivity contribution < 1.29 is 0 Å². The van der Waals surface area contributed by atoms with Crippen LogP contribution in [0.3, 0.4) is 0 Å². The summed E-state index contributed by atoms with van der Waals surface area (Å²) in [6, 6.07) is 18.2. The zero-order valence-electron chi connectivity index (χ0n) is 10.5. The number of hydrogen-bond acceptors (Lipinski definition) is 2. The van der Waals surface area contributed by atoms with Gasteiger partial charge in [0.05, 0.1) is 5.69 Å². The summed E-state index contributed by atoms with van der Waals surface area (Å²) in [7, 11) is 0. The molecule has 3 aromatic rings. The Morgan fingerprint density at radius 3 is 2.55 bits per heavy atom. The summed E-state index contributed by atoms with van der Waals surface area (Å²) in [6.07, 6.45) is 0. The molecular weight excluding hydrogens is 274 g/mol. The van der Waals surface area contributed by atoms with E-state index in [0.717, 1.165) is 11.4 Å². The van der Waals surface area contributed by atoms with Crippen LogP contribution in [0, 0.1) is 0 Å². The Hall–Kier alpha value is -2.46. The number of nitrogens with one attached hydrogen (secondary N) is 2. The average Bonchev–Trinajstić information content (AvgIpc) is 2.80. The molecule has 1 heterocycles. The quantitative estimate of drug-likeness (QED) is 0.773. The van der Waals surface area contributed by atoms with Crippen LogP contribution in [0.15, 0.2) is 65.5 Å². The number of nitrogens with zero attached hydrogens (tertiary/aromatic N) is 1. The number of benzene rings is 2. The molecule has 2 N–H and O–H groups in total. The lowest BCUT2D eigenvalue weighted by molar-refractivity contribution is 0.853. The molecule has 0 spiro atoms. The van der Waals surface area contributed by atoms with E-state index in [2.05, 4.69) is 10.4 Å². The van der Waals surface area contributed by atoms with E-state index in [0.29, 0.717) is 10.8 Å². The predicted octanol–water partition coefficient (Wildman–Crippen LogP) is 3.56. The number of halogens is 1. The number of H-pyrrole nitrogens is 1. The molecule has 0 saturated heterocycles. The second kappa shape index (κ2) is 5.27. The topological polar surface area (TPSA) is 49.8 Å². The van der Waals surface area contributed by atoms with Crippen LogP contribution in [0.2, 0.25) is 5.02 Å². The van der Waals surface area contributed by atoms with Gasteiger partial charge in [0.2, 0.25) is 0 Å². The minimum absolute atomic E-state index is 0.124. The summed E-state index contributed by atoms with van der Waals surface area (Å²) in [5, 5.41) is 6.77. The van der Waals surface area contributed by atoms with Crippen molar-refractivity contribution >= 4 is 23.1 Å². The molecule has 3 rings (SSSR count). The molecule has 4 nitrogen and oxygen atoms in total. The first kappa shape index (κ1) is 12.6. The fourth-order valence-corrected chi connectivity index (χ4v) is 2.14. The van der Waals surface area contributed by atoms with Crippen LogP contribution in [0.25, 0.3) is 5.69 Å². The van der Waals surface area contributed by atoms with Gasteiger partial charge in [0.25, 0.3) is 5.56 Å². The van der Waals surface area contributed by atoms with Crippen molar-refractivity contribution in [1.82, 2.24) is 9.78 Å². The average molecular weight is 286 g/mol. The highest BCUT2D eigenvalue weighted by Crippen LogP contribution is 2.18. The van der Waals surface area contributed by atoms with Gasteiger partial charge in [0.15, 0.2) is 0 Å². The Morgan fingerprint density at radius 1 is 1.00 bits per heavy atom. The van der Waals surface area contributed by atoms with E-state index in [1.807, 2.05) is 42.5 Å². The maximum Gasteiger partial charge on any atom is 0.273 e. The Morgan fingerprint density at radius 2 is 1.80 bits per heavy atom. The van der Waals surface area contributed by atoms with E-state index >= 15 is 0 Å². The van der Waals surface area contributed by atoms with Crippen molar-refractivity contribution in [2.45, 2.75) is 0 Å². The zero-order chi connectivity index (χ0) is 13.9. The van der Waals surface area contributed by atoms with Crippen LogP contribution < -0.4 is 10.9 Å². The van der Waals surface area contributed by atoms with Gasteiger partial charge in [-0.05, 0) is 30.3 Å². The van der Waals surface area contributed by atoms with Gasteiger partial charge in [-0.25, -0.2) is 4.68 Å². The van der Waals surface area contributed by atoms with E-state index in [1.165, 1.54) is 10.7 Å². The highest BCUT2D eigenvalue weighted by Gasteiger charge is 2.05. The molecule has 20 heavy (non-hydrogen) atoms. The van der Waals surface area contributed by atoms with Crippen molar-refractivity contribution in [1.29, 1.82) is 0 Å². The lowest BCUT2D eigenvalue weighted by atomic mass is 10.3. The summed E-state index contributed by atoms with van der Waals surface area (Å²) < 4.78 is 1.48. The summed E-state index contributed by atoms with van der Waals surface area (Å²) in [5.74, 6) is 0.612. The monoisotopic (exact) mass is 285 g/mol. The molecule has 0 aliphatic carbocycles. The van der Waals surface area contributed by atoms with Crippen LogP contribution in [-0.2, 0) is 0 Å². The molecule has 2 aromatic carbocycles. The number of hydrogen-bond donors (Lipinski definition) is 2. The molecule has 0 unspecified atom stereocenters. The van der Waals surface area contributed by atoms with Gasteiger partial charge >= 0.3 is 0 Å². The minimum atomic E-state index is -0.124. The Balaban J connectivity index is 1.92. The van der Waals surface area contributed by atoms with Gasteiger partial charge < -0.3 is 5.32 Å². The van der Waals surface area contributed by atoms with E-state index in [4.69, 9.17) is 11.6 Å². The molecule has 0 fully saturated rings. The fourth-order valence-electron chi connectivity index (χ4n) is 1.95. The van der Waals surface area contributed by atoms with Crippen LogP contribution in [0.4, 0.5) is 11.5 Å². The molecule has 100 valence electrons. The van der Waals surface area contributed by atoms with Crippen molar-refractivity contribution in [2.75, 3.05) is 5.32 Å². The fraction of sp³-hybridized carbons (Fsp3) is 0. The van der Waals surface area contributed by atoms with Gasteiger partial charge in [0, 0.05) is 16.8 Å². The zero-order valence-corrected chi connectivity index (χ0v) is 11.3. The maximum atomic E-state index is 12.0. The normalized spacial score (nSPS) is 10.4. The summed E-state index contributed by atoms with van der Waals surface area (Å²) >= 11 is 5.93. The number of rotatable bonds is 3. The molecule has 0 aliphatic heterocycles. The van der Waals surface area contributed by atoms with Crippen LogP contribution in [0.1, 0.15) is 0 Å². The van der Waals surface area contributed by atoms with E-state index < -0.39 is 0 Å². The van der Waals surface area contributed by atoms with Gasteiger partial charge in [-0.15, -0.1) is 0 Å². The molecule has 1 aromatic heterocycles. The Kier molecular flexibility index (Phi) is 3.31. The SMILES string of the molecule is O=c1cc(Nc2cccc(Cl)c2)[nH]n1-c1ccccc1. The molecule has 0 aliphatic rings. The first-order chi connectivity index (χ1) is 9.72. The lowest BCUT2D eigenvalue weighted by Gasteiger charge is -2.04. The highest BCUT2D eigenvalue weighted by molar-refractivity contribution is 6.30. The molecule has 0 amide bonds. The molecular formula is C15H12ClN3O. The van der Waals surface area contributed by atoms with Crippen molar-refractivity contribution in [2.24, 2.45) is 0 Å². The third-order valence-corrected chi connectivity index (χ3v) is 3.07. The van der Waals surface area contributed by atoms with E-state index in [9.17, 15) is 4.79 Å². The van der Waals surface area contributed by atoms with Crippen molar-refractivity contribution in [3.05, 3.63) is 76.0 Å². The van der Waals surface area contributed by atoms with Gasteiger partial charge in [-0.3, -0.25) is 9.89 Å². The number of aromatic nitrogens is 2. The molecule has 0 atom stereocenters. The number of anilines is 2. The van der Waals surface area contributed by atoms with Crippen molar-refractivity contribution in [3.63, 3.8) is 0 Å². The lowest BCUT2D eigenvalue weighted by Crippen LogP contribution is -2.12. The van der Waals surface area contributed by atoms with E-state index in [1.54, 1.807) is 12.1 Å². The molecule has 0 bridgehead atoms. The van der Waals surface area contributed by atoms with Crippen LogP contribution in [-0.4, -0.2) is 9.78 Å².